The maximum Gasteiger partial charge on any atom is 0.167 e. The molecule has 0 bridgehead atoms. The molecule has 14 heavy (non-hydrogen) atoms. The molecular formula is C8H9ClFNO3. The van der Waals surface area contributed by atoms with Crippen LogP contribution in [0.15, 0.2) is 6.07 Å². The summed E-state index contributed by atoms with van der Waals surface area (Å²) in [5.74, 6) is 3.79. The first-order chi connectivity index (χ1) is 6.61. The molecule has 0 aliphatic heterocycles. The van der Waals surface area contributed by atoms with Gasteiger partial charge in [0.25, 0.3) is 0 Å². The topological polar surface area (TPSA) is 64.7 Å². The Hall–Kier alpha value is -1.04. The number of phenols is 1. The molecule has 1 aromatic carbocycles. The Morgan fingerprint density at radius 1 is 1.64 bits per heavy atom. The zero-order valence-electron chi connectivity index (χ0n) is 7.38. The molecule has 0 aliphatic rings. The van der Waals surface area contributed by atoms with Gasteiger partial charge in [0.15, 0.2) is 11.5 Å². The van der Waals surface area contributed by atoms with Gasteiger partial charge in [0.1, 0.15) is 5.82 Å². The Morgan fingerprint density at radius 3 is 2.79 bits per heavy atom. The number of phenolic OH excluding ortho intramolecular Hbond substituents is 1. The Labute approximate surface area is 84.9 Å². The van der Waals surface area contributed by atoms with Crippen molar-refractivity contribution in [3.8, 4) is 11.5 Å². The molecule has 0 amide bonds. The van der Waals surface area contributed by atoms with Gasteiger partial charge in [-0.25, -0.2) is 10.3 Å². The average Bonchev–Trinajstić information content (AvgIpc) is 2.14. The summed E-state index contributed by atoms with van der Waals surface area (Å²) in [7, 11) is 1.32. The largest absolute Gasteiger partial charge is 0.504 e. The highest BCUT2D eigenvalue weighted by molar-refractivity contribution is 6.31. The zero-order chi connectivity index (χ0) is 10.7. The minimum atomic E-state index is -0.753. The molecule has 4 nitrogen and oxygen atoms in total. The van der Waals surface area contributed by atoms with Gasteiger partial charge in [0.2, 0.25) is 0 Å². The van der Waals surface area contributed by atoms with Gasteiger partial charge >= 0.3 is 0 Å². The third-order valence-electron chi connectivity index (χ3n) is 1.68. The van der Waals surface area contributed by atoms with E-state index in [1.54, 1.807) is 0 Å². The smallest absolute Gasteiger partial charge is 0.167 e. The molecule has 6 heteroatoms. The van der Waals surface area contributed by atoms with Crippen molar-refractivity contribution in [1.29, 1.82) is 0 Å². The van der Waals surface area contributed by atoms with Gasteiger partial charge in [-0.1, -0.05) is 11.6 Å². The first-order valence-electron chi connectivity index (χ1n) is 3.67. The number of halogens is 2. The van der Waals surface area contributed by atoms with Crippen molar-refractivity contribution >= 4 is 11.6 Å². The van der Waals surface area contributed by atoms with Crippen LogP contribution in [-0.2, 0) is 11.4 Å². The highest BCUT2D eigenvalue weighted by Crippen LogP contribution is 2.37. The van der Waals surface area contributed by atoms with E-state index in [1.165, 1.54) is 7.11 Å². The molecule has 0 heterocycles. The minimum absolute atomic E-state index is 0.0573. The molecule has 0 radical (unpaired) electrons. The number of nitrogens with two attached hydrogens (primary N) is 1. The quantitative estimate of drug-likeness (QED) is 0.761. The monoisotopic (exact) mass is 221 g/mol. The van der Waals surface area contributed by atoms with E-state index in [9.17, 15) is 9.50 Å². The van der Waals surface area contributed by atoms with Gasteiger partial charge in [-0.05, 0) is 0 Å². The van der Waals surface area contributed by atoms with Crippen LogP contribution in [-0.4, -0.2) is 12.2 Å². The van der Waals surface area contributed by atoms with Gasteiger partial charge in [0, 0.05) is 11.6 Å². The Bertz CT molecular complexity index is 346. The molecule has 0 fully saturated rings. The second kappa shape index (κ2) is 4.45. The fraction of sp³-hybridized carbons (Fsp3) is 0.250. The molecule has 1 rings (SSSR count). The minimum Gasteiger partial charge on any atom is -0.504 e. The molecule has 3 N–H and O–H groups in total. The van der Waals surface area contributed by atoms with Crippen LogP contribution in [0.4, 0.5) is 4.39 Å². The summed E-state index contributed by atoms with van der Waals surface area (Å²) in [5.41, 5.74) is 0.175. The molecule has 0 aromatic heterocycles. The van der Waals surface area contributed by atoms with Crippen molar-refractivity contribution < 1.29 is 19.1 Å². The van der Waals surface area contributed by atoms with Gasteiger partial charge in [-0.15, -0.1) is 0 Å². The van der Waals surface area contributed by atoms with Crippen molar-refractivity contribution in [3.05, 3.63) is 22.5 Å². The maximum absolute atomic E-state index is 13.0. The number of aromatic hydroxyl groups is 1. The van der Waals surface area contributed by atoms with Crippen molar-refractivity contribution in [2.24, 2.45) is 5.90 Å². The normalized spacial score (nSPS) is 10.3. The van der Waals surface area contributed by atoms with Crippen molar-refractivity contribution in [2.75, 3.05) is 7.11 Å². The van der Waals surface area contributed by atoms with E-state index in [2.05, 4.69) is 4.84 Å². The zero-order valence-corrected chi connectivity index (χ0v) is 8.14. The molecule has 78 valence electrons. The predicted molar refractivity (Wildman–Crippen MR) is 48.6 cm³/mol. The second-order valence-electron chi connectivity index (χ2n) is 2.51. The Morgan fingerprint density at radius 2 is 2.29 bits per heavy atom. The number of benzene rings is 1. The highest BCUT2D eigenvalue weighted by atomic mass is 35.5. The summed E-state index contributed by atoms with van der Waals surface area (Å²) in [4.78, 5) is 4.32. The first-order valence-corrected chi connectivity index (χ1v) is 4.05. The average molecular weight is 222 g/mol. The summed E-state index contributed by atoms with van der Waals surface area (Å²) < 4.78 is 17.9. The number of hydrogen-bond acceptors (Lipinski definition) is 4. The van der Waals surface area contributed by atoms with Gasteiger partial charge < -0.3 is 9.84 Å². The number of hydrogen-bond donors (Lipinski definition) is 2. The first kappa shape index (κ1) is 11.0. The lowest BCUT2D eigenvalue weighted by atomic mass is 10.2. The highest BCUT2D eigenvalue weighted by Gasteiger charge is 2.17. The summed E-state index contributed by atoms with van der Waals surface area (Å²) in [6.45, 7) is -0.146. The van der Waals surface area contributed by atoms with E-state index in [1.807, 2.05) is 0 Å². The van der Waals surface area contributed by atoms with Gasteiger partial charge in [0.05, 0.1) is 18.7 Å². The van der Waals surface area contributed by atoms with Crippen LogP contribution in [0.1, 0.15) is 5.56 Å². The molecule has 1 aromatic rings. The van der Waals surface area contributed by atoms with Crippen molar-refractivity contribution in [1.82, 2.24) is 0 Å². The van der Waals surface area contributed by atoms with Gasteiger partial charge in [-0.2, -0.15) is 0 Å². The number of rotatable bonds is 3. The van der Waals surface area contributed by atoms with Gasteiger partial charge in [-0.3, -0.25) is 4.84 Å². The lowest BCUT2D eigenvalue weighted by Gasteiger charge is -2.11. The van der Waals surface area contributed by atoms with Crippen LogP contribution in [0.5, 0.6) is 11.5 Å². The maximum atomic E-state index is 13.0. The summed E-state index contributed by atoms with van der Waals surface area (Å²) in [5, 5.41) is 9.13. The van der Waals surface area contributed by atoms with E-state index in [0.29, 0.717) is 0 Å². The lowest BCUT2D eigenvalue weighted by Crippen LogP contribution is -2.03. The summed E-state index contributed by atoms with van der Waals surface area (Å²) in [6, 6.07) is 0.862. The molecule has 0 unspecified atom stereocenters. The van der Waals surface area contributed by atoms with Crippen LogP contribution < -0.4 is 10.6 Å². The van der Waals surface area contributed by atoms with E-state index in [4.69, 9.17) is 22.2 Å². The fourth-order valence-corrected chi connectivity index (χ4v) is 1.28. The van der Waals surface area contributed by atoms with Crippen LogP contribution in [0, 0.1) is 5.82 Å². The number of ether oxygens (including phenoxy) is 1. The second-order valence-corrected chi connectivity index (χ2v) is 2.89. The van der Waals surface area contributed by atoms with E-state index < -0.39 is 5.82 Å². The Kier molecular flexibility index (Phi) is 3.51. The summed E-state index contributed by atoms with van der Waals surface area (Å²) in [6.07, 6.45) is 0. The molecule has 0 saturated carbocycles. The standard InChI is InChI=1S/C8H9ClFNO3/c1-13-8-4(3-14-11)7(9)5(10)2-6(8)12/h2,12H,3,11H2,1H3. The van der Waals surface area contributed by atoms with E-state index in [-0.39, 0.29) is 28.7 Å². The third-order valence-corrected chi connectivity index (χ3v) is 2.09. The molecule has 0 saturated heterocycles. The SMILES string of the molecule is COc1c(O)cc(F)c(Cl)c1CON. The molecule has 0 atom stereocenters. The molecule has 0 spiro atoms. The number of methoxy groups -OCH3 is 1. The van der Waals surface area contributed by atoms with Crippen LogP contribution in [0.2, 0.25) is 5.02 Å². The van der Waals surface area contributed by atoms with Crippen LogP contribution >= 0.6 is 11.6 Å². The Balaban J connectivity index is 3.32. The third kappa shape index (κ3) is 1.89. The van der Waals surface area contributed by atoms with Crippen molar-refractivity contribution in [3.63, 3.8) is 0 Å². The predicted octanol–water partition coefficient (Wildman–Crippen LogP) is 1.58. The van der Waals surface area contributed by atoms with Crippen molar-refractivity contribution in [2.45, 2.75) is 6.61 Å². The van der Waals surface area contributed by atoms with E-state index in [0.717, 1.165) is 6.07 Å². The van der Waals surface area contributed by atoms with E-state index >= 15 is 0 Å². The van der Waals surface area contributed by atoms with Crippen LogP contribution in [0.3, 0.4) is 0 Å². The molecular weight excluding hydrogens is 213 g/mol. The van der Waals surface area contributed by atoms with Crippen LogP contribution in [0.25, 0.3) is 0 Å². The fourth-order valence-electron chi connectivity index (χ4n) is 1.09. The molecule has 0 aliphatic carbocycles. The summed E-state index contributed by atoms with van der Waals surface area (Å²) >= 11 is 5.63. The lowest BCUT2D eigenvalue weighted by molar-refractivity contribution is 0.121.